The van der Waals surface area contributed by atoms with Crippen molar-refractivity contribution in [3.63, 3.8) is 0 Å². The van der Waals surface area contributed by atoms with Crippen LogP contribution in [0.3, 0.4) is 0 Å². The summed E-state index contributed by atoms with van der Waals surface area (Å²) in [6.45, 7) is 3.66. The van der Waals surface area contributed by atoms with Gasteiger partial charge in [0.2, 0.25) is 0 Å². The van der Waals surface area contributed by atoms with Crippen molar-refractivity contribution in [3.8, 4) is 0 Å². The lowest BCUT2D eigenvalue weighted by Crippen LogP contribution is -2.42. The summed E-state index contributed by atoms with van der Waals surface area (Å²) in [4.78, 5) is 37.2. The third-order valence-electron chi connectivity index (χ3n) is 4.64. The summed E-state index contributed by atoms with van der Waals surface area (Å²) >= 11 is 0. The molecule has 0 bridgehead atoms. The molecule has 0 aromatic heterocycles. The number of hydrogen-bond donors (Lipinski definition) is 0. The summed E-state index contributed by atoms with van der Waals surface area (Å²) in [5, 5.41) is 10.9. The number of para-hydroxylation sites is 1. The van der Waals surface area contributed by atoms with E-state index in [2.05, 4.69) is 0 Å². The monoisotopic (exact) mass is 368 g/mol. The van der Waals surface area contributed by atoms with Gasteiger partial charge in [-0.2, -0.15) is 0 Å². The summed E-state index contributed by atoms with van der Waals surface area (Å²) in [6.07, 6.45) is 0.806. The molecule has 27 heavy (non-hydrogen) atoms. The lowest BCUT2D eigenvalue weighted by molar-refractivity contribution is -0.385. The van der Waals surface area contributed by atoms with Gasteiger partial charge >= 0.3 is 5.97 Å². The first kappa shape index (κ1) is 18.6. The van der Waals surface area contributed by atoms with Crippen molar-refractivity contribution < 1.29 is 19.2 Å². The minimum absolute atomic E-state index is 0.0689. The van der Waals surface area contributed by atoms with E-state index >= 15 is 0 Å². The number of nitrogens with zero attached hydrogens (tertiary/aromatic N) is 2. The van der Waals surface area contributed by atoms with Crippen LogP contribution in [0.2, 0.25) is 0 Å². The van der Waals surface area contributed by atoms with Crippen LogP contribution in [0.4, 0.5) is 11.4 Å². The summed E-state index contributed by atoms with van der Waals surface area (Å²) in [6, 6.07) is 11.7. The summed E-state index contributed by atoms with van der Waals surface area (Å²) in [5.41, 5.74) is 2.42. The van der Waals surface area contributed by atoms with E-state index in [9.17, 15) is 19.7 Å². The largest absolute Gasteiger partial charge is 0.449 e. The Balaban J connectivity index is 1.73. The fraction of sp³-hybridized carbons (Fsp3) is 0.300. The predicted octanol–water partition coefficient (Wildman–Crippen LogP) is 3.43. The molecule has 0 aliphatic carbocycles. The third kappa shape index (κ3) is 3.81. The number of hydrogen-bond acceptors (Lipinski definition) is 5. The molecule has 1 atom stereocenters. The zero-order chi connectivity index (χ0) is 19.6. The van der Waals surface area contributed by atoms with Gasteiger partial charge < -0.3 is 9.64 Å². The average Bonchev–Trinajstić information content (AvgIpc) is 2.66. The maximum absolute atomic E-state index is 12.8. The van der Waals surface area contributed by atoms with Crippen LogP contribution in [0.25, 0.3) is 0 Å². The molecule has 1 aliphatic heterocycles. The highest BCUT2D eigenvalue weighted by Gasteiger charge is 2.28. The fourth-order valence-corrected chi connectivity index (χ4v) is 3.25. The van der Waals surface area contributed by atoms with Gasteiger partial charge in [-0.1, -0.05) is 18.2 Å². The van der Waals surface area contributed by atoms with Crippen molar-refractivity contribution in [1.29, 1.82) is 0 Å². The highest BCUT2D eigenvalue weighted by molar-refractivity contribution is 5.99. The number of ether oxygens (including phenoxy) is 1. The minimum atomic E-state index is -0.959. The number of nitro benzene ring substituents is 1. The minimum Gasteiger partial charge on any atom is -0.449 e. The van der Waals surface area contributed by atoms with Gasteiger partial charge in [0, 0.05) is 23.9 Å². The Morgan fingerprint density at radius 1 is 1.22 bits per heavy atom. The first-order chi connectivity index (χ1) is 12.9. The number of rotatable bonds is 4. The maximum atomic E-state index is 12.8. The van der Waals surface area contributed by atoms with Crippen molar-refractivity contribution in [2.75, 3.05) is 11.4 Å². The molecule has 140 valence electrons. The second-order valence-electron chi connectivity index (χ2n) is 6.53. The standard InChI is InChI=1S/C20H20N2O5/c1-13-12-16(9-10-17(13)22(25)26)20(24)27-14(2)19(23)21-11-5-7-15-6-3-4-8-18(15)21/h3-4,6,8-10,12,14H,5,7,11H2,1-2H3. The molecular formula is C20H20N2O5. The van der Waals surface area contributed by atoms with Gasteiger partial charge in [0.15, 0.2) is 6.10 Å². The second-order valence-corrected chi connectivity index (χ2v) is 6.53. The van der Waals surface area contributed by atoms with Crippen LogP contribution in [-0.4, -0.2) is 29.4 Å². The summed E-state index contributed by atoms with van der Waals surface area (Å²) in [7, 11) is 0. The molecule has 1 heterocycles. The predicted molar refractivity (Wildman–Crippen MR) is 99.8 cm³/mol. The van der Waals surface area contributed by atoms with E-state index in [-0.39, 0.29) is 17.2 Å². The zero-order valence-corrected chi connectivity index (χ0v) is 15.2. The quantitative estimate of drug-likeness (QED) is 0.468. The Morgan fingerprint density at radius 3 is 2.67 bits per heavy atom. The van der Waals surface area contributed by atoms with E-state index in [4.69, 9.17) is 4.74 Å². The molecule has 0 saturated carbocycles. The molecule has 0 radical (unpaired) electrons. The van der Waals surface area contributed by atoms with Crippen LogP contribution in [0.15, 0.2) is 42.5 Å². The van der Waals surface area contributed by atoms with Gasteiger partial charge in [0.1, 0.15) is 0 Å². The van der Waals surface area contributed by atoms with Gasteiger partial charge in [-0.05, 0) is 50.5 Å². The number of carbonyl (C=O) groups is 2. The van der Waals surface area contributed by atoms with Gasteiger partial charge in [0.25, 0.3) is 11.6 Å². The van der Waals surface area contributed by atoms with Crippen molar-refractivity contribution in [1.82, 2.24) is 0 Å². The Morgan fingerprint density at radius 2 is 1.96 bits per heavy atom. The summed E-state index contributed by atoms with van der Waals surface area (Å²) < 4.78 is 5.32. The SMILES string of the molecule is Cc1cc(C(=O)OC(C)C(=O)N2CCCc3ccccc32)ccc1[N+](=O)[O-]. The Kier molecular flexibility index (Phi) is 5.21. The van der Waals surface area contributed by atoms with E-state index in [0.29, 0.717) is 12.1 Å². The molecule has 0 N–H and O–H groups in total. The van der Waals surface area contributed by atoms with Gasteiger partial charge in [-0.3, -0.25) is 14.9 Å². The smallest absolute Gasteiger partial charge is 0.338 e. The number of nitro groups is 1. The number of fused-ring (bicyclic) bond motifs is 1. The Labute approximate surface area is 156 Å². The highest BCUT2D eigenvalue weighted by Crippen LogP contribution is 2.27. The Bertz CT molecular complexity index is 909. The molecule has 0 spiro atoms. The van der Waals surface area contributed by atoms with E-state index in [0.717, 1.165) is 24.1 Å². The summed E-state index contributed by atoms with van der Waals surface area (Å²) in [5.74, 6) is -0.965. The lowest BCUT2D eigenvalue weighted by Gasteiger charge is -2.31. The van der Waals surface area contributed by atoms with Crippen LogP contribution < -0.4 is 4.90 Å². The molecule has 7 nitrogen and oxygen atoms in total. The van der Waals surface area contributed by atoms with E-state index in [1.54, 1.807) is 11.8 Å². The number of aryl methyl sites for hydroxylation is 2. The first-order valence-corrected chi connectivity index (χ1v) is 8.74. The zero-order valence-electron chi connectivity index (χ0n) is 15.2. The molecule has 2 aromatic carbocycles. The molecule has 1 aliphatic rings. The number of carbonyl (C=O) groups excluding carboxylic acids is 2. The van der Waals surface area contributed by atoms with Crippen molar-refractivity contribution in [2.24, 2.45) is 0 Å². The Hall–Kier alpha value is -3.22. The normalized spacial score (nSPS) is 14.2. The molecule has 3 rings (SSSR count). The molecule has 2 aromatic rings. The maximum Gasteiger partial charge on any atom is 0.338 e. The van der Waals surface area contributed by atoms with E-state index < -0.39 is 17.0 Å². The van der Waals surface area contributed by atoms with Crippen LogP contribution in [-0.2, 0) is 16.0 Å². The second kappa shape index (κ2) is 7.57. The molecule has 0 fully saturated rings. The van der Waals surface area contributed by atoms with Crippen molar-refractivity contribution in [3.05, 3.63) is 69.3 Å². The number of esters is 1. The fourth-order valence-electron chi connectivity index (χ4n) is 3.25. The highest BCUT2D eigenvalue weighted by atomic mass is 16.6. The van der Waals surface area contributed by atoms with Crippen molar-refractivity contribution >= 4 is 23.3 Å². The topological polar surface area (TPSA) is 89.8 Å². The van der Waals surface area contributed by atoms with Crippen LogP contribution in [0.5, 0.6) is 0 Å². The van der Waals surface area contributed by atoms with Gasteiger partial charge in [-0.15, -0.1) is 0 Å². The molecule has 1 amide bonds. The number of anilines is 1. The number of benzene rings is 2. The first-order valence-electron chi connectivity index (χ1n) is 8.74. The molecule has 1 unspecified atom stereocenters. The average molecular weight is 368 g/mol. The van der Waals surface area contributed by atoms with Gasteiger partial charge in [0.05, 0.1) is 10.5 Å². The molecule has 0 saturated heterocycles. The molecular weight excluding hydrogens is 348 g/mol. The van der Waals surface area contributed by atoms with Crippen LogP contribution in [0, 0.1) is 17.0 Å². The van der Waals surface area contributed by atoms with Crippen LogP contribution >= 0.6 is 0 Å². The molecule has 7 heteroatoms. The van der Waals surface area contributed by atoms with E-state index in [1.165, 1.54) is 25.1 Å². The lowest BCUT2D eigenvalue weighted by atomic mass is 10.0. The van der Waals surface area contributed by atoms with E-state index in [1.807, 2.05) is 24.3 Å². The van der Waals surface area contributed by atoms with Gasteiger partial charge in [-0.25, -0.2) is 4.79 Å². The van der Waals surface area contributed by atoms with Crippen molar-refractivity contribution in [2.45, 2.75) is 32.8 Å². The number of amides is 1. The van der Waals surface area contributed by atoms with Crippen LogP contribution in [0.1, 0.15) is 34.8 Å². The third-order valence-corrected chi connectivity index (χ3v) is 4.64.